The summed E-state index contributed by atoms with van der Waals surface area (Å²) in [6.07, 6.45) is 7.08. The zero-order valence-corrected chi connectivity index (χ0v) is 15.2. The molecule has 2 aromatic carbocycles. The van der Waals surface area contributed by atoms with E-state index in [1.807, 2.05) is 0 Å². The van der Waals surface area contributed by atoms with Crippen molar-refractivity contribution >= 4 is 5.57 Å². The SMILES string of the molecule is CCN(CC)CCCC=C(CCc1ccccc1)c1ccccc1. The van der Waals surface area contributed by atoms with Crippen LogP contribution in [-0.2, 0) is 6.42 Å². The van der Waals surface area contributed by atoms with Gasteiger partial charge in [-0.05, 0) is 62.0 Å². The third-order valence-corrected chi connectivity index (χ3v) is 4.63. The minimum atomic E-state index is 1.11. The van der Waals surface area contributed by atoms with E-state index in [1.165, 1.54) is 29.7 Å². The van der Waals surface area contributed by atoms with E-state index in [0.717, 1.165) is 32.4 Å². The first-order valence-electron chi connectivity index (χ1n) is 9.34. The van der Waals surface area contributed by atoms with Gasteiger partial charge in [0, 0.05) is 0 Å². The fourth-order valence-electron chi connectivity index (χ4n) is 3.07. The van der Waals surface area contributed by atoms with E-state index in [0.29, 0.717) is 0 Å². The minimum Gasteiger partial charge on any atom is -0.304 e. The van der Waals surface area contributed by atoms with Crippen molar-refractivity contribution < 1.29 is 0 Å². The Hall–Kier alpha value is -1.86. The average molecular weight is 322 g/mol. The molecule has 0 radical (unpaired) electrons. The molecule has 0 atom stereocenters. The van der Waals surface area contributed by atoms with Gasteiger partial charge in [-0.25, -0.2) is 0 Å². The van der Waals surface area contributed by atoms with E-state index in [4.69, 9.17) is 0 Å². The Balaban J connectivity index is 1.96. The molecule has 0 aliphatic carbocycles. The highest BCUT2D eigenvalue weighted by molar-refractivity contribution is 5.65. The molecule has 0 aliphatic heterocycles. The second-order valence-electron chi connectivity index (χ2n) is 6.25. The van der Waals surface area contributed by atoms with E-state index in [-0.39, 0.29) is 0 Å². The van der Waals surface area contributed by atoms with Crippen LogP contribution in [0.3, 0.4) is 0 Å². The molecular weight excluding hydrogens is 290 g/mol. The van der Waals surface area contributed by atoms with Crippen LogP contribution in [0.1, 0.15) is 44.2 Å². The maximum absolute atomic E-state index is 2.50. The summed E-state index contributed by atoms with van der Waals surface area (Å²) >= 11 is 0. The van der Waals surface area contributed by atoms with Gasteiger partial charge in [0.2, 0.25) is 0 Å². The van der Waals surface area contributed by atoms with Crippen LogP contribution in [-0.4, -0.2) is 24.5 Å². The molecule has 0 aromatic heterocycles. The Kier molecular flexibility index (Phi) is 8.34. The van der Waals surface area contributed by atoms with Crippen LogP contribution in [0.15, 0.2) is 66.7 Å². The van der Waals surface area contributed by atoms with Gasteiger partial charge in [0.1, 0.15) is 0 Å². The van der Waals surface area contributed by atoms with E-state index in [2.05, 4.69) is 85.5 Å². The Morgan fingerprint density at radius 3 is 2.12 bits per heavy atom. The molecule has 1 nitrogen and oxygen atoms in total. The summed E-state index contributed by atoms with van der Waals surface area (Å²) < 4.78 is 0. The first-order valence-corrected chi connectivity index (χ1v) is 9.34. The molecule has 0 heterocycles. The quantitative estimate of drug-likeness (QED) is 0.498. The predicted molar refractivity (Wildman–Crippen MR) is 106 cm³/mol. The van der Waals surface area contributed by atoms with E-state index < -0.39 is 0 Å². The van der Waals surface area contributed by atoms with Crippen LogP contribution in [0.25, 0.3) is 5.57 Å². The molecule has 128 valence electrons. The second kappa shape index (κ2) is 10.8. The molecule has 2 rings (SSSR count). The molecule has 0 aliphatic rings. The number of nitrogens with zero attached hydrogens (tertiary/aromatic N) is 1. The van der Waals surface area contributed by atoms with Crippen molar-refractivity contribution in [2.45, 2.75) is 39.5 Å². The van der Waals surface area contributed by atoms with Crippen LogP contribution >= 0.6 is 0 Å². The van der Waals surface area contributed by atoms with Crippen molar-refractivity contribution in [2.24, 2.45) is 0 Å². The number of rotatable bonds is 10. The zero-order valence-electron chi connectivity index (χ0n) is 15.2. The van der Waals surface area contributed by atoms with Gasteiger partial charge in [-0.1, -0.05) is 80.6 Å². The standard InChI is InChI=1S/C23H31N/c1-3-24(4-2)20-12-11-17-23(22-15-9-6-10-16-22)19-18-21-13-7-5-8-14-21/h5-10,13-17H,3-4,11-12,18-20H2,1-2H3. The smallest absolute Gasteiger partial charge is 0.00160 e. The molecule has 1 heteroatoms. The summed E-state index contributed by atoms with van der Waals surface area (Å²) in [5, 5.41) is 0. The zero-order chi connectivity index (χ0) is 17.0. The summed E-state index contributed by atoms with van der Waals surface area (Å²) in [7, 11) is 0. The first-order chi connectivity index (χ1) is 11.8. The highest BCUT2D eigenvalue weighted by Gasteiger charge is 2.03. The largest absolute Gasteiger partial charge is 0.304 e. The molecule has 2 aromatic rings. The van der Waals surface area contributed by atoms with Gasteiger partial charge in [0.25, 0.3) is 0 Å². The molecule has 0 saturated heterocycles. The molecule has 0 N–H and O–H groups in total. The Morgan fingerprint density at radius 1 is 0.875 bits per heavy atom. The number of aryl methyl sites for hydroxylation is 1. The normalized spacial score (nSPS) is 11.9. The van der Waals surface area contributed by atoms with E-state index >= 15 is 0 Å². The van der Waals surface area contributed by atoms with Crippen molar-refractivity contribution in [1.82, 2.24) is 4.90 Å². The van der Waals surface area contributed by atoms with Gasteiger partial charge in [0.05, 0.1) is 0 Å². The van der Waals surface area contributed by atoms with Gasteiger partial charge >= 0.3 is 0 Å². The van der Waals surface area contributed by atoms with Crippen molar-refractivity contribution in [3.8, 4) is 0 Å². The highest BCUT2D eigenvalue weighted by Crippen LogP contribution is 2.21. The summed E-state index contributed by atoms with van der Waals surface area (Å²) in [5.41, 5.74) is 4.28. The maximum Gasteiger partial charge on any atom is -0.00160 e. The summed E-state index contributed by atoms with van der Waals surface area (Å²) in [4.78, 5) is 2.50. The fraction of sp³-hybridized carbons (Fsp3) is 0.391. The molecule has 0 bridgehead atoms. The van der Waals surface area contributed by atoms with Crippen LogP contribution < -0.4 is 0 Å². The number of allylic oxidation sites excluding steroid dienone is 2. The summed E-state index contributed by atoms with van der Waals surface area (Å²) in [5.74, 6) is 0. The molecule has 0 spiro atoms. The van der Waals surface area contributed by atoms with Crippen molar-refractivity contribution in [3.05, 3.63) is 77.9 Å². The highest BCUT2D eigenvalue weighted by atomic mass is 15.1. The molecule has 0 saturated carbocycles. The Morgan fingerprint density at radius 2 is 1.50 bits per heavy atom. The number of hydrogen-bond donors (Lipinski definition) is 0. The Bertz CT molecular complexity index is 582. The van der Waals surface area contributed by atoms with Crippen molar-refractivity contribution in [1.29, 1.82) is 0 Å². The monoisotopic (exact) mass is 321 g/mol. The summed E-state index contributed by atoms with van der Waals surface area (Å²) in [6.45, 7) is 7.99. The van der Waals surface area contributed by atoms with Crippen LogP contribution in [0, 0.1) is 0 Å². The topological polar surface area (TPSA) is 3.24 Å². The molecule has 24 heavy (non-hydrogen) atoms. The molecule has 0 unspecified atom stereocenters. The number of hydrogen-bond acceptors (Lipinski definition) is 1. The van der Waals surface area contributed by atoms with Crippen LogP contribution in [0.5, 0.6) is 0 Å². The average Bonchev–Trinajstić information content (AvgIpc) is 2.66. The number of benzene rings is 2. The summed E-state index contributed by atoms with van der Waals surface area (Å²) in [6, 6.07) is 21.7. The Labute approximate surface area is 148 Å². The van der Waals surface area contributed by atoms with Crippen LogP contribution in [0.2, 0.25) is 0 Å². The lowest BCUT2D eigenvalue weighted by molar-refractivity contribution is 0.301. The van der Waals surface area contributed by atoms with Gasteiger partial charge < -0.3 is 4.90 Å². The van der Waals surface area contributed by atoms with Gasteiger partial charge in [-0.15, -0.1) is 0 Å². The van der Waals surface area contributed by atoms with E-state index in [1.54, 1.807) is 0 Å². The minimum absolute atomic E-state index is 1.11. The molecule has 0 amide bonds. The predicted octanol–water partition coefficient (Wildman–Crippen LogP) is 5.82. The first kappa shape index (κ1) is 18.5. The van der Waals surface area contributed by atoms with Crippen molar-refractivity contribution in [2.75, 3.05) is 19.6 Å². The third kappa shape index (κ3) is 6.33. The lowest BCUT2D eigenvalue weighted by Gasteiger charge is -2.17. The fourth-order valence-corrected chi connectivity index (χ4v) is 3.07. The third-order valence-electron chi connectivity index (χ3n) is 4.63. The molecular formula is C23H31N. The van der Waals surface area contributed by atoms with Gasteiger partial charge in [0.15, 0.2) is 0 Å². The van der Waals surface area contributed by atoms with Gasteiger partial charge in [-0.3, -0.25) is 0 Å². The van der Waals surface area contributed by atoms with Crippen molar-refractivity contribution in [3.63, 3.8) is 0 Å². The second-order valence-corrected chi connectivity index (χ2v) is 6.25. The molecule has 0 fully saturated rings. The lowest BCUT2D eigenvalue weighted by Crippen LogP contribution is -2.23. The van der Waals surface area contributed by atoms with E-state index in [9.17, 15) is 0 Å². The number of unbranched alkanes of at least 4 members (excludes halogenated alkanes) is 1. The maximum atomic E-state index is 2.50. The van der Waals surface area contributed by atoms with Gasteiger partial charge in [-0.2, -0.15) is 0 Å². The van der Waals surface area contributed by atoms with Crippen LogP contribution in [0.4, 0.5) is 0 Å². The lowest BCUT2D eigenvalue weighted by atomic mass is 9.97.